The van der Waals surface area contributed by atoms with E-state index in [-0.39, 0.29) is 23.9 Å². The SMILES string of the molecule is CN(C)C(=O)N1CC[C@H](Oc2ccc(C(=O)N3CC(N4CCN(C(=O)c5ccccc5)CC4)C3)cc2)C1. The highest BCUT2D eigenvalue weighted by molar-refractivity contribution is 5.95. The van der Waals surface area contributed by atoms with Gasteiger partial charge < -0.3 is 24.3 Å². The van der Waals surface area contributed by atoms with Crippen molar-refractivity contribution in [2.45, 2.75) is 18.6 Å². The Hall–Kier alpha value is -3.59. The van der Waals surface area contributed by atoms with Gasteiger partial charge in [-0.05, 0) is 36.4 Å². The largest absolute Gasteiger partial charge is 0.489 e. The summed E-state index contributed by atoms with van der Waals surface area (Å²) in [7, 11) is 3.50. The van der Waals surface area contributed by atoms with Gasteiger partial charge in [-0.1, -0.05) is 18.2 Å². The zero-order chi connectivity index (χ0) is 25.9. The van der Waals surface area contributed by atoms with Gasteiger partial charge >= 0.3 is 6.03 Å². The summed E-state index contributed by atoms with van der Waals surface area (Å²) in [6, 6.07) is 17.1. The maximum absolute atomic E-state index is 13.0. The lowest BCUT2D eigenvalue weighted by molar-refractivity contribution is 0.00853. The van der Waals surface area contributed by atoms with E-state index in [9.17, 15) is 14.4 Å². The lowest BCUT2D eigenvalue weighted by Crippen LogP contribution is -2.64. The molecule has 0 aliphatic carbocycles. The lowest BCUT2D eigenvalue weighted by Gasteiger charge is -2.48. The van der Waals surface area contributed by atoms with Crippen molar-refractivity contribution < 1.29 is 19.1 Å². The van der Waals surface area contributed by atoms with E-state index in [4.69, 9.17) is 4.74 Å². The third-order valence-corrected chi connectivity index (χ3v) is 7.49. The Balaban J connectivity index is 1.05. The number of piperazine rings is 1. The van der Waals surface area contributed by atoms with Crippen LogP contribution in [0.2, 0.25) is 0 Å². The first-order valence-corrected chi connectivity index (χ1v) is 13.0. The highest BCUT2D eigenvalue weighted by Crippen LogP contribution is 2.23. The van der Waals surface area contributed by atoms with Crippen LogP contribution in [0.5, 0.6) is 5.75 Å². The monoisotopic (exact) mass is 505 g/mol. The number of carbonyl (C=O) groups excluding carboxylic acids is 3. The first-order chi connectivity index (χ1) is 17.9. The molecule has 3 fully saturated rings. The van der Waals surface area contributed by atoms with E-state index in [2.05, 4.69) is 4.90 Å². The average Bonchev–Trinajstić information content (AvgIpc) is 3.36. The Labute approximate surface area is 218 Å². The summed E-state index contributed by atoms with van der Waals surface area (Å²) in [5.74, 6) is 0.833. The van der Waals surface area contributed by atoms with Gasteiger partial charge in [0.2, 0.25) is 0 Å². The number of benzene rings is 2. The number of hydrogen-bond acceptors (Lipinski definition) is 5. The van der Waals surface area contributed by atoms with Gasteiger partial charge in [0, 0.05) is 83.5 Å². The van der Waals surface area contributed by atoms with E-state index in [1.807, 2.05) is 64.4 Å². The van der Waals surface area contributed by atoms with Gasteiger partial charge in [0.1, 0.15) is 11.9 Å². The van der Waals surface area contributed by atoms with Crippen LogP contribution in [0.15, 0.2) is 54.6 Å². The van der Waals surface area contributed by atoms with Gasteiger partial charge in [-0.3, -0.25) is 14.5 Å². The molecule has 0 radical (unpaired) electrons. The molecule has 0 saturated carbocycles. The van der Waals surface area contributed by atoms with Gasteiger partial charge in [-0.2, -0.15) is 0 Å². The van der Waals surface area contributed by atoms with Crippen LogP contribution in [-0.2, 0) is 0 Å². The highest BCUT2D eigenvalue weighted by Gasteiger charge is 2.37. The molecule has 0 unspecified atom stereocenters. The second-order valence-corrected chi connectivity index (χ2v) is 10.2. The summed E-state index contributed by atoms with van der Waals surface area (Å²) in [4.78, 5) is 47.3. The molecule has 0 bridgehead atoms. The molecular weight excluding hydrogens is 470 g/mol. The van der Waals surface area contributed by atoms with Crippen molar-refractivity contribution in [1.29, 1.82) is 0 Å². The van der Waals surface area contributed by atoms with Gasteiger partial charge in [0.25, 0.3) is 11.8 Å². The molecule has 4 amide bonds. The summed E-state index contributed by atoms with van der Waals surface area (Å²) in [5, 5.41) is 0. The van der Waals surface area contributed by atoms with E-state index in [1.54, 1.807) is 23.9 Å². The van der Waals surface area contributed by atoms with Crippen molar-refractivity contribution in [2.24, 2.45) is 0 Å². The van der Waals surface area contributed by atoms with Gasteiger partial charge in [-0.15, -0.1) is 0 Å². The van der Waals surface area contributed by atoms with Crippen molar-refractivity contribution in [3.8, 4) is 5.75 Å². The summed E-state index contributed by atoms with van der Waals surface area (Å²) in [5.41, 5.74) is 1.39. The second kappa shape index (κ2) is 10.8. The molecule has 3 heterocycles. The van der Waals surface area contributed by atoms with Crippen molar-refractivity contribution in [3.63, 3.8) is 0 Å². The number of hydrogen-bond donors (Lipinski definition) is 0. The number of rotatable bonds is 5. The Kier molecular flexibility index (Phi) is 7.32. The van der Waals surface area contributed by atoms with Crippen molar-refractivity contribution >= 4 is 17.8 Å². The maximum atomic E-state index is 13.0. The van der Waals surface area contributed by atoms with E-state index >= 15 is 0 Å². The summed E-state index contributed by atoms with van der Waals surface area (Å²) in [6.07, 6.45) is 0.759. The van der Waals surface area contributed by atoms with Crippen LogP contribution in [0.25, 0.3) is 0 Å². The second-order valence-electron chi connectivity index (χ2n) is 10.2. The van der Waals surface area contributed by atoms with Crippen molar-refractivity contribution in [1.82, 2.24) is 24.5 Å². The molecule has 9 nitrogen and oxygen atoms in total. The smallest absolute Gasteiger partial charge is 0.319 e. The number of nitrogens with zero attached hydrogens (tertiary/aromatic N) is 5. The van der Waals surface area contributed by atoms with Crippen LogP contribution in [0.4, 0.5) is 4.79 Å². The quantitative estimate of drug-likeness (QED) is 0.622. The molecular formula is C28H35N5O4. The molecule has 3 aliphatic rings. The van der Waals surface area contributed by atoms with Crippen LogP contribution < -0.4 is 4.74 Å². The minimum absolute atomic E-state index is 0.00227. The molecule has 5 rings (SSSR count). The predicted molar refractivity (Wildman–Crippen MR) is 140 cm³/mol. The predicted octanol–water partition coefficient (Wildman–Crippen LogP) is 2.10. The molecule has 2 aromatic rings. The molecule has 2 aromatic carbocycles. The van der Waals surface area contributed by atoms with Crippen molar-refractivity contribution in [3.05, 3.63) is 65.7 Å². The van der Waals surface area contributed by atoms with Crippen LogP contribution in [-0.4, -0.2) is 121 Å². The third kappa shape index (κ3) is 5.56. The van der Waals surface area contributed by atoms with E-state index < -0.39 is 0 Å². The summed E-state index contributed by atoms with van der Waals surface area (Å²) in [6.45, 7) is 5.76. The Morgan fingerprint density at radius 3 is 2.00 bits per heavy atom. The highest BCUT2D eigenvalue weighted by atomic mass is 16.5. The Morgan fingerprint density at radius 2 is 1.35 bits per heavy atom. The Morgan fingerprint density at radius 1 is 0.730 bits per heavy atom. The fourth-order valence-electron chi connectivity index (χ4n) is 5.24. The van der Waals surface area contributed by atoms with E-state index in [1.165, 1.54) is 0 Å². The topological polar surface area (TPSA) is 76.6 Å². The van der Waals surface area contributed by atoms with E-state index in [0.29, 0.717) is 56.6 Å². The lowest BCUT2D eigenvalue weighted by atomic mass is 10.0. The van der Waals surface area contributed by atoms with Gasteiger partial charge in [0.05, 0.1) is 6.54 Å². The average molecular weight is 506 g/mol. The number of urea groups is 1. The zero-order valence-electron chi connectivity index (χ0n) is 21.6. The molecule has 3 aliphatic heterocycles. The molecule has 196 valence electrons. The Bertz CT molecular complexity index is 1110. The molecule has 9 heteroatoms. The summed E-state index contributed by atoms with van der Waals surface area (Å²) < 4.78 is 6.05. The molecule has 0 N–H and O–H groups in total. The van der Waals surface area contributed by atoms with Crippen LogP contribution in [0.3, 0.4) is 0 Å². The molecule has 1 atom stereocenters. The van der Waals surface area contributed by atoms with Gasteiger partial charge in [-0.25, -0.2) is 4.79 Å². The van der Waals surface area contributed by atoms with Gasteiger partial charge in [0.15, 0.2) is 0 Å². The van der Waals surface area contributed by atoms with Crippen LogP contribution in [0.1, 0.15) is 27.1 Å². The standard InChI is InChI=1S/C28H35N5O4/c1-29(2)28(36)32-13-12-25(20-32)37-24-10-8-22(9-11-24)27(35)33-18-23(19-33)30-14-16-31(17-15-30)26(34)21-6-4-3-5-7-21/h3-11,23,25H,12-20H2,1-2H3/t25-/m0/s1. The minimum Gasteiger partial charge on any atom is -0.489 e. The van der Waals surface area contributed by atoms with Crippen LogP contribution in [0, 0.1) is 0 Å². The van der Waals surface area contributed by atoms with Crippen molar-refractivity contribution in [2.75, 3.05) is 66.5 Å². The summed E-state index contributed by atoms with van der Waals surface area (Å²) >= 11 is 0. The molecule has 3 saturated heterocycles. The fraction of sp³-hybridized carbons (Fsp3) is 0.464. The maximum Gasteiger partial charge on any atom is 0.319 e. The first-order valence-electron chi connectivity index (χ1n) is 13.0. The number of likely N-dealkylation sites (tertiary alicyclic amines) is 2. The normalized spacial score (nSPS) is 20.5. The third-order valence-electron chi connectivity index (χ3n) is 7.49. The minimum atomic E-state index is -0.0370. The number of amides is 4. The zero-order valence-corrected chi connectivity index (χ0v) is 21.6. The van der Waals surface area contributed by atoms with Crippen LogP contribution >= 0.6 is 0 Å². The molecule has 0 aromatic heterocycles. The molecule has 0 spiro atoms. The van der Waals surface area contributed by atoms with E-state index in [0.717, 1.165) is 25.1 Å². The number of carbonyl (C=O) groups is 3. The molecule has 37 heavy (non-hydrogen) atoms. The first kappa shape index (κ1) is 25.1. The number of ether oxygens (including phenoxy) is 1. The fourth-order valence-corrected chi connectivity index (χ4v) is 5.24.